The summed E-state index contributed by atoms with van der Waals surface area (Å²) in [5.41, 5.74) is 9.44. The maximum Gasteiger partial charge on any atom is 0.329 e. The molecule has 5 N–H and O–H groups in total. The molecule has 17 heteroatoms. The van der Waals surface area contributed by atoms with Crippen molar-refractivity contribution in [1.29, 1.82) is 0 Å². The number of amides is 5. The Morgan fingerprint density at radius 3 is 2.31 bits per heavy atom. The van der Waals surface area contributed by atoms with Crippen LogP contribution in [0.3, 0.4) is 0 Å². The highest BCUT2D eigenvalue weighted by Crippen LogP contribution is 2.56. The average molecular weight is 986 g/mol. The lowest BCUT2D eigenvalue weighted by Crippen LogP contribution is -2.49. The summed E-state index contributed by atoms with van der Waals surface area (Å²) in [6.07, 6.45) is 4.91. The van der Waals surface area contributed by atoms with Gasteiger partial charge in [-0.05, 0) is 91.6 Å². The number of fused-ring (bicyclic) bond motifs is 2. The molecule has 5 amide bonds. The maximum atomic E-state index is 16.2. The number of benzene rings is 5. The number of urea groups is 1. The van der Waals surface area contributed by atoms with Crippen LogP contribution in [0, 0.1) is 17.6 Å². The Morgan fingerprint density at radius 2 is 1.62 bits per heavy atom. The summed E-state index contributed by atoms with van der Waals surface area (Å²) in [6, 6.07) is 27.6. The largest absolute Gasteiger partial charge is 0.494 e. The number of imide groups is 1. The van der Waals surface area contributed by atoms with E-state index >= 15 is 8.78 Å². The molecule has 4 aliphatic rings. The number of anilines is 2. The third kappa shape index (κ3) is 8.81. The van der Waals surface area contributed by atoms with Crippen LogP contribution in [0.5, 0.6) is 11.5 Å². The van der Waals surface area contributed by atoms with Crippen molar-refractivity contribution in [2.75, 3.05) is 43.5 Å². The number of aromatic nitrogens is 2. The fourth-order valence-corrected chi connectivity index (χ4v) is 11.4. The number of primary amides is 1. The molecule has 10 rings (SSSR count). The van der Waals surface area contributed by atoms with Crippen molar-refractivity contribution in [3.05, 3.63) is 124 Å². The van der Waals surface area contributed by atoms with Gasteiger partial charge in [0, 0.05) is 97.4 Å². The molecule has 2 unspecified atom stereocenters. The van der Waals surface area contributed by atoms with Crippen molar-refractivity contribution < 1.29 is 37.4 Å². The van der Waals surface area contributed by atoms with Gasteiger partial charge in [0.1, 0.15) is 11.6 Å². The topological polar surface area (TPSA) is 173 Å². The number of nitrogens with zero attached hydrogens (tertiary/aromatic N) is 4. The second-order valence-electron chi connectivity index (χ2n) is 19.1. The molecule has 0 spiro atoms. The van der Waals surface area contributed by atoms with Crippen molar-refractivity contribution >= 4 is 57.8 Å². The predicted molar refractivity (Wildman–Crippen MR) is 268 cm³/mol. The normalized spacial score (nSPS) is 21.5. The van der Waals surface area contributed by atoms with Crippen LogP contribution in [0.25, 0.3) is 33.2 Å². The van der Waals surface area contributed by atoms with E-state index in [1.807, 2.05) is 61.3 Å². The summed E-state index contributed by atoms with van der Waals surface area (Å²) in [5, 5.41) is 14.9. The van der Waals surface area contributed by atoms with E-state index in [0.29, 0.717) is 31.0 Å². The minimum Gasteiger partial charge on any atom is -0.494 e. The number of likely N-dealkylation sites (tertiary alicyclic amines) is 1. The van der Waals surface area contributed by atoms with Gasteiger partial charge in [-0.2, -0.15) is 5.10 Å². The van der Waals surface area contributed by atoms with E-state index in [4.69, 9.17) is 26.8 Å². The van der Waals surface area contributed by atoms with Gasteiger partial charge in [-0.1, -0.05) is 67.1 Å². The van der Waals surface area contributed by atoms with Gasteiger partial charge in [0.05, 0.1) is 23.2 Å². The van der Waals surface area contributed by atoms with Crippen molar-refractivity contribution in [3.63, 3.8) is 0 Å². The van der Waals surface area contributed by atoms with Crippen molar-refractivity contribution in [3.8, 4) is 33.8 Å². The molecule has 1 saturated carbocycles. The molecule has 0 radical (unpaired) electrons. The van der Waals surface area contributed by atoms with Gasteiger partial charge in [-0.15, -0.1) is 0 Å². The second kappa shape index (κ2) is 19.3. The number of ether oxygens (including phenoxy) is 2. The number of nitrogens with two attached hydrogens (primary N) is 1. The summed E-state index contributed by atoms with van der Waals surface area (Å²) in [4.78, 5) is 54.4. The van der Waals surface area contributed by atoms with E-state index in [0.717, 1.165) is 71.8 Å². The first-order valence-corrected chi connectivity index (χ1v) is 24.5. The highest BCUT2D eigenvalue weighted by molar-refractivity contribution is 6.34. The zero-order valence-electron chi connectivity index (χ0n) is 39.7. The average Bonchev–Trinajstić information content (AvgIpc) is 3.86. The summed E-state index contributed by atoms with van der Waals surface area (Å²) < 4.78 is 45.8. The van der Waals surface area contributed by atoms with E-state index < -0.39 is 35.1 Å². The van der Waals surface area contributed by atoms with E-state index in [2.05, 4.69) is 51.4 Å². The molecular formula is C54H55ClF2N8O6. The van der Waals surface area contributed by atoms with E-state index in [1.54, 1.807) is 4.68 Å². The van der Waals surface area contributed by atoms with Crippen LogP contribution in [-0.2, 0) is 22.2 Å². The second-order valence-corrected chi connectivity index (χ2v) is 19.5. The first kappa shape index (κ1) is 47.6. The number of nitrogens with one attached hydrogen (secondary N) is 3. The zero-order chi connectivity index (χ0) is 49.7. The molecule has 2 atom stereocenters. The van der Waals surface area contributed by atoms with Gasteiger partial charge >= 0.3 is 6.03 Å². The molecule has 0 bridgehead atoms. The van der Waals surface area contributed by atoms with E-state index in [1.165, 1.54) is 30.2 Å². The number of hydrogen-bond donors (Lipinski definition) is 4. The summed E-state index contributed by atoms with van der Waals surface area (Å²) in [6.45, 7) is 3.88. The molecule has 5 aromatic carbocycles. The SMILES string of the molecule is COc1ccc(C(N)=O)c(-c2c(Cl)c(F)cc3c2C(C)C(CNC2CCC(C(=O)N4CCC(Nc5ccc(-c6ccc7c(N8CCC(=O)NC8=O)nn(C)c7c6)cc5)CC4)CC2)(c2ccccc2)O3)c1F. The molecular weight excluding hydrogens is 930 g/mol. The van der Waals surface area contributed by atoms with Gasteiger partial charge in [-0.25, -0.2) is 13.6 Å². The third-order valence-corrected chi connectivity index (χ3v) is 15.4. The van der Waals surface area contributed by atoms with Crippen LogP contribution in [0.1, 0.15) is 79.3 Å². The van der Waals surface area contributed by atoms with Gasteiger partial charge in [0.15, 0.2) is 23.0 Å². The summed E-state index contributed by atoms with van der Waals surface area (Å²) in [7, 11) is 3.14. The van der Waals surface area contributed by atoms with Gasteiger partial charge in [-0.3, -0.25) is 29.3 Å². The molecule has 2 saturated heterocycles. The highest BCUT2D eigenvalue weighted by atomic mass is 35.5. The van der Waals surface area contributed by atoms with Crippen LogP contribution in [0.4, 0.5) is 25.1 Å². The van der Waals surface area contributed by atoms with Gasteiger partial charge < -0.3 is 30.7 Å². The minimum absolute atomic E-state index is 0.00801. The zero-order valence-corrected chi connectivity index (χ0v) is 40.5. The summed E-state index contributed by atoms with van der Waals surface area (Å²) >= 11 is 6.70. The predicted octanol–water partition coefficient (Wildman–Crippen LogP) is 9.04. The monoisotopic (exact) mass is 984 g/mol. The number of carbonyl (C=O) groups is 4. The molecule has 1 aromatic heterocycles. The summed E-state index contributed by atoms with van der Waals surface area (Å²) in [5.74, 6) is -2.75. The standard InChI is InChI=1S/C54H55ClF2N8O6/c1-30-45-43(28-40(56)48(55)47(45)46-39(50(58)67)19-20-42(70-3)49(46)57)71-54(30,34-7-5-4-6-8-34)29-59-35-14-11-32(12-15-35)52(68)64-24-21-37(22-25-64)60-36-16-9-31(10-17-36)33-13-18-38-41(27-33)63(2)62-51(38)65-26-23-44(66)61-53(65)69/h4-10,13,16-20,27-28,30,32,35,37,59-60H,11-12,14-15,21-26,29H2,1-3H3,(H2,58,67)(H,61,66,69). The molecule has 368 valence electrons. The van der Waals surface area contributed by atoms with E-state index in [-0.39, 0.29) is 76.0 Å². The Kier molecular flexibility index (Phi) is 12.9. The first-order chi connectivity index (χ1) is 34.2. The maximum absolute atomic E-state index is 16.2. The number of aryl methyl sites for hydroxylation is 1. The molecule has 3 aliphatic heterocycles. The van der Waals surface area contributed by atoms with Crippen molar-refractivity contribution in [1.82, 2.24) is 25.3 Å². The van der Waals surface area contributed by atoms with Crippen LogP contribution >= 0.6 is 11.6 Å². The molecule has 6 aromatic rings. The lowest BCUT2D eigenvalue weighted by atomic mass is 9.77. The molecule has 4 heterocycles. The van der Waals surface area contributed by atoms with Crippen LogP contribution in [-0.4, -0.2) is 83.8 Å². The lowest BCUT2D eigenvalue weighted by Gasteiger charge is -2.38. The third-order valence-electron chi connectivity index (χ3n) is 15.0. The quantitative estimate of drug-likeness (QED) is 0.0934. The fourth-order valence-electron chi connectivity index (χ4n) is 11.1. The number of hydrogen-bond acceptors (Lipinski definition) is 9. The van der Waals surface area contributed by atoms with Crippen molar-refractivity contribution in [2.45, 2.75) is 75.5 Å². The Hall–Kier alpha value is -7.04. The molecule has 71 heavy (non-hydrogen) atoms. The number of carbonyl (C=O) groups excluding carboxylic acids is 4. The number of rotatable bonds is 12. The van der Waals surface area contributed by atoms with Crippen LogP contribution < -0.4 is 36.1 Å². The Balaban J connectivity index is 0.752. The lowest BCUT2D eigenvalue weighted by molar-refractivity contribution is -0.137. The van der Waals surface area contributed by atoms with E-state index in [9.17, 15) is 19.2 Å². The van der Waals surface area contributed by atoms with Gasteiger partial charge in [0.2, 0.25) is 17.7 Å². The van der Waals surface area contributed by atoms with Crippen molar-refractivity contribution in [2.24, 2.45) is 18.7 Å². The van der Waals surface area contributed by atoms with Crippen LogP contribution in [0.15, 0.2) is 91.0 Å². The molecule has 1 aliphatic carbocycles. The number of halogens is 3. The Morgan fingerprint density at radius 1 is 0.901 bits per heavy atom. The Labute approximate surface area is 414 Å². The number of piperidine rings is 1. The molecule has 3 fully saturated rings. The Bertz CT molecular complexity index is 3060. The highest BCUT2D eigenvalue weighted by Gasteiger charge is 2.50. The fraction of sp³-hybridized carbons (Fsp3) is 0.352. The van der Waals surface area contributed by atoms with Gasteiger partial charge in [0.25, 0.3) is 0 Å². The molecule has 14 nitrogen and oxygen atoms in total. The smallest absolute Gasteiger partial charge is 0.329 e. The first-order valence-electron chi connectivity index (χ1n) is 24.1. The number of methoxy groups -OCH3 is 1. The van der Waals surface area contributed by atoms with Crippen LogP contribution in [0.2, 0.25) is 5.02 Å². The minimum atomic E-state index is -1.08.